The molecule has 17 heavy (non-hydrogen) atoms. The fraction of sp³-hybridized carbons (Fsp3) is 0.500. The molecule has 0 saturated carbocycles. The predicted molar refractivity (Wildman–Crippen MR) is 63.2 cm³/mol. The van der Waals surface area contributed by atoms with Crippen molar-refractivity contribution < 1.29 is 9.53 Å². The molecule has 2 atom stereocenters. The Hall–Kier alpha value is -1.46. The van der Waals surface area contributed by atoms with Crippen molar-refractivity contribution in [2.45, 2.75) is 12.5 Å². The molecule has 1 aromatic rings. The molecule has 92 valence electrons. The maximum Gasteiger partial charge on any atom is 0.227 e. The summed E-state index contributed by atoms with van der Waals surface area (Å²) >= 11 is 0. The van der Waals surface area contributed by atoms with E-state index < -0.39 is 0 Å². The molecular formula is C12H17N3O2. The van der Waals surface area contributed by atoms with Crippen LogP contribution in [0.3, 0.4) is 0 Å². The van der Waals surface area contributed by atoms with Gasteiger partial charge >= 0.3 is 0 Å². The average Bonchev–Trinajstić information content (AvgIpc) is 2.77. The molecule has 0 radical (unpaired) electrons. The highest BCUT2D eigenvalue weighted by molar-refractivity contribution is 5.79. The lowest BCUT2D eigenvalue weighted by Gasteiger charge is -2.12. The van der Waals surface area contributed by atoms with Crippen molar-refractivity contribution in [3.8, 4) is 0 Å². The van der Waals surface area contributed by atoms with Crippen molar-refractivity contribution in [2.24, 2.45) is 11.7 Å². The smallest absolute Gasteiger partial charge is 0.227 e. The van der Waals surface area contributed by atoms with E-state index in [9.17, 15) is 4.79 Å². The Morgan fingerprint density at radius 2 is 2.41 bits per heavy atom. The molecule has 2 unspecified atom stereocenters. The molecule has 0 aromatic carbocycles. The van der Waals surface area contributed by atoms with Crippen molar-refractivity contribution in [3.63, 3.8) is 0 Å². The van der Waals surface area contributed by atoms with E-state index in [0.717, 1.165) is 12.1 Å². The molecule has 1 aromatic heterocycles. The maximum absolute atomic E-state index is 11.8. The first-order valence-corrected chi connectivity index (χ1v) is 5.78. The lowest BCUT2D eigenvalue weighted by atomic mass is 10.0. The molecule has 1 aliphatic rings. The van der Waals surface area contributed by atoms with Crippen LogP contribution in [0.4, 0.5) is 0 Å². The molecule has 0 spiro atoms. The number of hydrogen-bond donors (Lipinski definition) is 2. The zero-order chi connectivity index (χ0) is 12.1. The van der Waals surface area contributed by atoms with Crippen LogP contribution < -0.4 is 11.1 Å². The second-order valence-electron chi connectivity index (χ2n) is 4.17. The van der Waals surface area contributed by atoms with Gasteiger partial charge in [0.15, 0.2) is 0 Å². The number of nitrogens with two attached hydrogens (primary N) is 1. The number of carbonyl (C=O) groups is 1. The van der Waals surface area contributed by atoms with E-state index in [0.29, 0.717) is 19.8 Å². The molecule has 1 aliphatic heterocycles. The fourth-order valence-corrected chi connectivity index (χ4v) is 1.83. The number of rotatable bonds is 4. The monoisotopic (exact) mass is 235 g/mol. The van der Waals surface area contributed by atoms with Crippen LogP contribution in [0.2, 0.25) is 0 Å². The van der Waals surface area contributed by atoms with Gasteiger partial charge < -0.3 is 15.8 Å². The van der Waals surface area contributed by atoms with E-state index >= 15 is 0 Å². The number of hydrogen-bond acceptors (Lipinski definition) is 4. The molecule has 5 heteroatoms. The summed E-state index contributed by atoms with van der Waals surface area (Å²) < 4.78 is 5.16. The number of ether oxygens (including phenoxy) is 1. The predicted octanol–water partition coefficient (Wildman–Crippen LogP) is -0.286. The van der Waals surface area contributed by atoms with Gasteiger partial charge in [0.25, 0.3) is 0 Å². The molecule has 0 bridgehead atoms. The van der Waals surface area contributed by atoms with Gasteiger partial charge in [0.05, 0.1) is 19.1 Å². The van der Waals surface area contributed by atoms with E-state index in [1.54, 1.807) is 6.20 Å². The molecule has 2 heterocycles. The standard InChI is InChI=1S/C12H17N3O2/c13-11-8-17-7-10(11)12(16)15-6-4-9-3-1-2-5-14-9/h1-3,5,10-11H,4,6-8,13H2,(H,15,16). The number of carbonyl (C=O) groups excluding carboxylic acids is 1. The maximum atomic E-state index is 11.8. The Morgan fingerprint density at radius 1 is 1.53 bits per heavy atom. The second-order valence-corrected chi connectivity index (χ2v) is 4.17. The van der Waals surface area contributed by atoms with Gasteiger partial charge in [-0.15, -0.1) is 0 Å². The van der Waals surface area contributed by atoms with Gasteiger partial charge in [0.2, 0.25) is 5.91 Å². The number of aromatic nitrogens is 1. The van der Waals surface area contributed by atoms with Crippen LogP contribution in [0.1, 0.15) is 5.69 Å². The molecule has 1 fully saturated rings. The van der Waals surface area contributed by atoms with Crippen molar-refractivity contribution >= 4 is 5.91 Å². The third kappa shape index (κ3) is 3.25. The molecule has 2 rings (SSSR count). The molecule has 3 N–H and O–H groups in total. The first-order valence-electron chi connectivity index (χ1n) is 5.78. The molecular weight excluding hydrogens is 218 g/mol. The SMILES string of the molecule is NC1COCC1C(=O)NCCc1ccccn1. The van der Waals surface area contributed by atoms with Crippen LogP contribution in [0.25, 0.3) is 0 Å². The van der Waals surface area contributed by atoms with E-state index in [2.05, 4.69) is 10.3 Å². The second kappa shape index (κ2) is 5.75. The summed E-state index contributed by atoms with van der Waals surface area (Å²) in [5, 5.41) is 2.86. The van der Waals surface area contributed by atoms with E-state index in [4.69, 9.17) is 10.5 Å². The van der Waals surface area contributed by atoms with E-state index in [-0.39, 0.29) is 17.9 Å². The van der Waals surface area contributed by atoms with E-state index in [1.165, 1.54) is 0 Å². The minimum absolute atomic E-state index is 0.0223. The highest BCUT2D eigenvalue weighted by atomic mass is 16.5. The van der Waals surface area contributed by atoms with Crippen LogP contribution in [-0.4, -0.2) is 36.7 Å². The Kier molecular flexibility index (Phi) is 4.06. The Balaban J connectivity index is 1.73. The Morgan fingerprint density at radius 3 is 3.06 bits per heavy atom. The zero-order valence-electron chi connectivity index (χ0n) is 9.63. The van der Waals surface area contributed by atoms with Gasteiger partial charge in [-0.3, -0.25) is 9.78 Å². The summed E-state index contributed by atoms with van der Waals surface area (Å²) in [6, 6.07) is 5.57. The lowest BCUT2D eigenvalue weighted by molar-refractivity contribution is -0.125. The minimum Gasteiger partial charge on any atom is -0.379 e. The first kappa shape index (κ1) is 12.0. The number of nitrogens with zero attached hydrogens (tertiary/aromatic N) is 1. The Labute approximate surface area is 100 Å². The highest BCUT2D eigenvalue weighted by Gasteiger charge is 2.30. The van der Waals surface area contributed by atoms with Gasteiger partial charge in [-0.25, -0.2) is 0 Å². The molecule has 1 saturated heterocycles. The van der Waals surface area contributed by atoms with Crippen LogP contribution in [0.15, 0.2) is 24.4 Å². The lowest BCUT2D eigenvalue weighted by Crippen LogP contribution is -2.41. The van der Waals surface area contributed by atoms with Crippen LogP contribution in [-0.2, 0) is 16.0 Å². The quantitative estimate of drug-likeness (QED) is 0.752. The van der Waals surface area contributed by atoms with Crippen molar-refractivity contribution in [2.75, 3.05) is 19.8 Å². The normalized spacial score (nSPS) is 23.6. The average molecular weight is 235 g/mol. The molecule has 0 aliphatic carbocycles. The first-order chi connectivity index (χ1) is 8.27. The largest absolute Gasteiger partial charge is 0.379 e. The fourth-order valence-electron chi connectivity index (χ4n) is 1.83. The van der Waals surface area contributed by atoms with Gasteiger partial charge in [-0.2, -0.15) is 0 Å². The third-order valence-corrected chi connectivity index (χ3v) is 2.87. The summed E-state index contributed by atoms with van der Waals surface area (Å²) in [5.74, 6) is -0.232. The number of pyridine rings is 1. The number of nitrogens with one attached hydrogen (secondary N) is 1. The Bertz CT molecular complexity index is 369. The van der Waals surface area contributed by atoms with Crippen LogP contribution in [0.5, 0.6) is 0 Å². The topological polar surface area (TPSA) is 77.2 Å². The third-order valence-electron chi connectivity index (χ3n) is 2.87. The van der Waals surface area contributed by atoms with Gasteiger partial charge in [-0.1, -0.05) is 6.07 Å². The summed E-state index contributed by atoms with van der Waals surface area (Å²) in [6.45, 7) is 1.48. The summed E-state index contributed by atoms with van der Waals surface area (Å²) in [4.78, 5) is 15.9. The molecule has 1 amide bonds. The zero-order valence-corrected chi connectivity index (χ0v) is 9.63. The summed E-state index contributed by atoms with van der Waals surface area (Å²) in [7, 11) is 0. The van der Waals surface area contributed by atoms with Crippen molar-refractivity contribution in [3.05, 3.63) is 30.1 Å². The summed E-state index contributed by atoms with van der Waals surface area (Å²) in [5.41, 5.74) is 6.74. The van der Waals surface area contributed by atoms with Gasteiger partial charge in [-0.05, 0) is 12.1 Å². The number of amides is 1. The summed E-state index contributed by atoms with van der Waals surface area (Å²) in [6.07, 6.45) is 2.48. The van der Waals surface area contributed by atoms with E-state index in [1.807, 2.05) is 18.2 Å². The van der Waals surface area contributed by atoms with Gasteiger partial charge in [0, 0.05) is 30.9 Å². The minimum atomic E-state index is -0.210. The van der Waals surface area contributed by atoms with Gasteiger partial charge in [0.1, 0.15) is 0 Å². The van der Waals surface area contributed by atoms with Crippen LogP contribution >= 0.6 is 0 Å². The van der Waals surface area contributed by atoms with Crippen LogP contribution in [0, 0.1) is 5.92 Å². The van der Waals surface area contributed by atoms with Crippen molar-refractivity contribution in [1.29, 1.82) is 0 Å². The highest BCUT2D eigenvalue weighted by Crippen LogP contribution is 2.11. The molecule has 5 nitrogen and oxygen atoms in total. The van der Waals surface area contributed by atoms with Crippen molar-refractivity contribution in [1.82, 2.24) is 10.3 Å².